The van der Waals surface area contributed by atoms with Gasteiger partial charge in [-0.3, -0.25) is 4.79 Å². The van der Waals surface area contributed by atoms with Crippen molar-refractivity contribution in [2.75, 3.05) is 27.2 Å². The maximum Gasteiger partial charge on any atom is 0.316 e. The lowest BCUT2D eigenvalue weighted by atomic mass is 9.96. The molecule has 6 nitrogen and oxygen atoms in total. The van der Waals surface area contributed by atoms with Gasteiger partial charge in [0.1, 0.15) is 0 Å². The molecule has 2 fully saturated rings. The minimum absolute atomic E-state index is 0.243. The Morgan fingerprint density at radius 2 is 1.79 bits per heavy atom. The maximum atomic E-state index is 12.8. The first-order valence-electron chi connectivity index (χ1n) is 8.30. The molecule has 2 aliphatic rings. The Kier molecular flexibility index (Phi) is 4.68. The van der Waals surface area contributed by atoms with Gasteiger partial charge in [0.15, 0.2) is 0 Å². The SMILES string of the molecule is CNC1CCN(S(=O)(=O)c2ccc(C3(C(=O)OC)CC3)cc2)CC1. The number of ether oxygens (including phenoxy) is 1. The summed E-state index contributed by atoms with van der Waals surface area (Å²) in [5.41, 5.74) is 0.268. The molecule has 1 saturated heterocycles. The monoisotopic (exact) mass is 352 g/mol. The molecule has 1 saturated carbocycles. The van der Waals surface area contributed by atoms with Crippen molar-refractivity contribution in [3.63, 3.8) is 0 Å². The highest BCUT2D eigenvalue weighted by Gasteiger charge is 2.52. The van der Waals surface area contributed by atoms with Crippen LogP contribution in [-0.4, -0.2) is 52.0 Å². The molecule has 1 aromatic rings. The zero-order chi connectivity index (χ0) is 17.4. The van der Waals surface area contributed by atoms with Crippen molar-refractivity contribution in [1.29, 1.82) is 0 Å². The van der Waals surface area contributed by atoms with Gasteiger partial charge in [-0.1, -0.05) is 12.1 Å². The summed E-state index contributed by atoms with van der Waals surface area (Å²) in [7, 11) is -0.182. The van der Waals surface area contributed by atoms with Crippen molar-refractivity contribution in [2.45, 2.75) is 42.0 Å². The first-order chi connectivity index (χ1) is 11.4. The highest BCUT2D eigenvalue weighted by Crippen LogP contribution is 2.49. The smallest absolute Gasteiger partial charge is 0.316 e. The van der Waals surface area contributed by atoms with Gasteiger partial charge in [-0.05, 0) is 50.4 Å². The fourth-order valence-electron chi connectivity index (χ4n) is 3.41. The lowest BCUT2D eigenvalue weighted by molar-refractivity contribution is -0.143. The van der Waals surface area contributed by atoms with Gasteiger partial charge in [0.2, 0.25) is 10.0 Å². The van der Waals surface area contributed by atoms with Crippen LogP contribution in [0.15, 0.2) is 29.2 Å². The maximum absolute atomic E-state index is 12.8. The van der Waals surface area contributed by atoms with Crippen molar-refractivity contribution in [3.05, 3.63) is 29.8 Å². The van der Waals surface area contributed by atoms with Crippen molar-refractivity contribution in [3.8, 4) is 0 Å². The molecule has 0 bridgehead atoms. The number of nitrogens with zero attached hydrogens (tertiary/aromatic N) is 1. The quantitative estimate of drug-likeness (QED) is 0.808. The van der Waals surface area contributed by atoms with Crippen LogP contribution >= 0.6 is 0 Å². The van der Waals surface area contributed by atoms with Gasteiger partial charge in [0.05, 0.1) is 17.4 Å². The molecule has 24 heavy (non-hydrogen) atoms. The van der Waals surface area contributed by atoms with Gasteiger partial charge in [0, 0.05) is 19.1 Å². The molecule has 3 rings (SSSR count). The van der Waals surface area contributed by atoms with E-state index in [1.807, 2.05) is 7.05 Å². The summed E-state index contributed by atoms with van der Waals surface area (Å²) in [6.07, 6.45) is 3.14. The lowest BCUT2D eigenvalue weighted by Gasteiger charge is -2.31. The number of rotatable bonds is 5. The van der Waals surface area contributed by atoms with E-state index in [9.17, 15) is 13.2 Å². The van der Waals surface area contributed by atoms with Crippen LogP contribution in [0.1, 0.15) is 31.2 Å². The summed E-state index contributed by atoms with van der Waals surface area (Å²) < 4.78 is 31.9. The third-order valence-corrected chi connectivity index (χ3v) is 7.15. The molecule has 0 unspecified atom stereocenters. The molecule has 1 aliphatic heterocycles. The minimum Gasteiger partial charge on any atom is -0.468 e. The molecule has 7 heteroatoms. The Morgan fingerprint density at radius 1 is 1.21 bits per heavy atom. The fraction of sp³-hybridized carbons (Fsp3) is 0.588. The van der Waals surface area contributed by atoms with Crippen LogP contribution in [0.5, 0.6) is 0 Å². The summed E-state index contributed by atoms with van der Waals surface area (Å²) in [4.78, 5) is 12.2. The van der Waals surface area contributed by atoms with E-state index in [-0.39, 0.29) is 10.9 Å². The first kappa shape index (κ1) is 17.4. The van der Waals surface area contributed by atoms with Crippen LogP contribution in [-0.2, 0) is 25.0 Å². The summed E-state index contributed by atoms with van der Waals surface area (Å²) in [6.45, 7) is 1.06. The molecule has 132 valence electrons. The van der Waals surface area contributed by atoms with E-state index in [1.54, 1.807) is 28.6 Å². The fourth-order valence-corrected chi connectivity index (χ4v) is 4.88. The molecule has 0 amide bonds. The largest absolute Gasteiger partial charge is 0.468 e. The second-order valence-electron chi connectivity index (χ2n) is 6.57. The average molecular weight is 352 g/mol. The number of piperidine rings is 1. The van der Waals surface area contributed by atoms with E-state index >= 15 is 0 Å². The van der Waals surface area contributed by atoms with Crippen molar-refractivity contribution < 1.29 is 17.9 Å². The van der Waals surface area contributed by atoms with E-state index in [4.69, 9.17) is 4.74 Å². The van der Waals surface area contributed by atoms with Crippen molar-refractivity contribution >= 4 is 16.0 Å². The van der Waals surface area contributed by atoms with Crippen LogP contribution < -0.4 is 5.32 Å². The number of carbonyl (C=O) groups excluding carboxylic acids is 1. The van der Waals surface area contributed by atoms with Gasteiger partial charge >= 0.3 is 5.97 Å². The van der Waals surface area contributed by atoms with Crippen LogP contribution in [0.25, 0.3) is 0 Å². The molecule has 1 heterocycles. The number of carbonyl (C=O) groups is 1. The molecule has 1 N–H and O–H groups in total. The van der Waals surface area contributed by atoms with E-state index in [0.717, 1.165) is 31.2 Å². The molecular weight excluding hydrogens is 328 g/mol. The third kappa shape index (κ3) is 2.96. The Morgan fingerprint density at radius 3 is 2.25 bits per heavy atom. The average Bonchev–Trinajstić information content (AvgIpc) is 3.43. The number of esters is 1. The molecule has 0 atom stereocenters. The zero-order valence-corrected chi connectivity index (χ0v) is 14.9. The second kappa shape index (κ2) is 6.46. The van der Waals surface area contributed by atoms with E-state index < -0.39 is 15.4 Å². The summed E-state index contributed by atoms with van der Waals surface area (Å²) in [5, 5.41) is 3.20. The summed E-state index contributed by atoms with van der Waals surface area (Å²) in [6, 6.07) is 7.10. The van der Waals surface area contributed by atoms with E-state index in [1.165, 1.54) is 7.11 Å². The number of benzene rings is 1. The topological polar surface area (TPSA) is 75.7 Å². The number of hydrogen-bond acceptors (Lipinski definition) is 5. The van der Waals surface area contributed by atoms with Gasteiger partial charge in [0.25, 0.3) is 0 Å². The third-order valence-electron chi connectivity index (χ3n) is 5.23. The van der Waals surface area contributed by atoms with Gasteiger partial charge < -0.3 is 10.1 Å². The van der Waals surface area contributed by atoms with Crippen molar-refractivity contribution in [1.82, 2.24) is 9.62 Å². The molecule has 0 spiro atoms. The Hall–Kier alpha value is -1.44. The predicted molar refractivity (Wildman–Crippen MR) is 90.2 cm³/mol. The number of hydrogen-bond donors (Lipinski definition) is 1. The van der Waals surface area contributed by atoms with Crippen LogP contribution in [0.2, 0.25) is 0 Å². The van der Waals surface area contributed by atoms with Crippen molar-refractivity contribution in [2.24, 2.45) is 0 Å². The number of nitrogens with one attached hydrogen (secondary N) is 1. The van der Waals surface area contributed by atoms with Gasteiger partial charge in [-0.25, -0.2) is 8.42 Å². The lowest BCUT2D eigenvalue weighted by Crippen LogP contribution is -2.43. The second-order valence-corrected chi connectivity index (χ2v) is 8.50. The number of sulfonamides is 1. The van der Waals surface area contributed by atoms with Gasteiger partial charge in [-0.15, -0.1) is 0 Å². The number of methoxy groups -OCH3 is 1. The molecule has 1 aliphatic carbocycles. The molecule has 0 aromatic heterocycles. The Labute approximate surface area is 143 Å². The van der Waals surface area contributed by atoms with E-state index in [0.29, 0.717) is 19.1 Å². The zero-order valence-electron chi connectivity index (χ0n) is 14.1. The molecular formula is C17H24N2O4S. The highest BCUT2D eigenvalue weighted by atomic mass is 32.2. The van der Waals surface area contributed by atoms with Crippen LogP contribution in [0.3, 0.4) is 0 Å². The van der Waals surface area contributed by atoms with E-state index in [2.05, 4.69) is 5.32 Å². The Balaban J connectivity index is 1.77. The van der Waals surface area contributed by atoms with Crippen LogP contribution in [0, 0.1) is 0 Å². The first-order valence-corrected chi connectivity index (χ1v) is 9.74. The molecule has 0 radical (unpaired) electrons. The normalized spacial score (nSPS) is 21.4. The molecule has 1 aromatic carbocycles. The predicted octanol–water partition coefficient (Wildman–Crippen LogP) is 1.26. The standard InChI is InChI=1S/C17H24N2O4S/c1-18-14-7-11-19(12-8-14)24(21,22)15-5-3-13(4-6-15)17(9-10-17)16(20)23-2/h3-6,14,18H,7-12H2,1-2H3. The summed E-state index contributed by atoms with van der Waals surface area (Å²) in [5.74, 6) is -0.243. The highest BCUT2D eigenvalue weighted by molar-refractivity contribution is 7.89. The minimum atomic E-state index is -3.47. The summed E-state index contributed by atoms with van der Waals surface area (Å²) >= 11 is 0. The van der Waals surface area contributed by atoms with Gasteiger partial charge in [-0.2, -0.15) is 4.31 Å². The Bertz CT molecular complexity index is 703. The van der Waals surface area contributed by atoms with Crippen LogP contribution in [0.4, 0.5) is 0 Å².